The average Bonchev–Trinajstić information content (AvgIpc) is 2.32. The number of rotatable bonds is 0. The van der Waals surface area contributed by atoms with Crippen LogP contribution in [-0.4, -0.2) is 0 Å². The van der Waals surface area contributed by atoms with E-state index in [2.05, 4.69) is 64.1 Å². The maximum absolute atomic E-state index is 2.36. The van der Waals surface area contributed by atoms with Crippen LogP contribution in [0.15, 0.2) is 35.9 Å². The second kappa shape index (κ2) is 4.91. The van der Waals surface area contributed by atoms with Crippen LogP contribution in [0.2, 0.25) is 0 Å². The maximum atomic E-state index is 2.36. The van der Waals surface area contributed by atoms with Gasteiger partial charge < -0.3 is 0 Å². The highest BCUT2D eigenvalue weighted by molar-refractivity contribution is 5.60. The molecule has 90 valence electrons. The van der Waals surface area contributed by atoms with Crippen molar-refractivity contribution in [1.82, 2.24) is 0 Å². The molecule has 0 fully saturated rings. The maximum Gasteiger partial charge on any atom is -0.00511 e. The fraction of sp³-hybridized carbons (Fsp3) is 0.412. The first-order chi connectivity index (χ1) is 8.09. The molecule has 0 radical (unpaired) electrons. The van der Waals surface area contributed by atoms with Gasteiger partial charge in [0.15, 0.2) is 0 Å². The molecule has 0 heterocycles. The highest BCUT2D eigenvalue weighted by atomic mass is 14.2. The molecule has 0 saturated heterocycles. The second-order valence-corrected chi connectivity index (χ2v) is 5.32. The van der Waals surface area contributed by atoms with Crippen molar-refractivity contribution in [2.24, 2.45) is 5.92 Å². The highest BCUT2D eigenvalue weighted by Gasteiger charge is 2.13. The number of allylic oxidation sites excluding steroid dienone is 3. The molecule has 0 aliphatic heterocycles. The van der Waals surface area contributed by atoms with E-state index in [1.54, 1.807) is 0 Å². The van der Waals surface area contributed by atoms with Gasteiger partial charge in [-0.25, -0.2) is 0 Å². The lowest BCUT2D eigenvalue weighted by molar-refractivity contribution is 0.766. The standard InChI is InChI=1S/C17H22/c1-12-7-5-8-13(2)17-14(3)9-6-10-16(17)11-15(12)4/h5-7,9-13H,8H2,1-4H3/b7-5+,15-11+. The van der Waals surface area contributed by atoms with Gasteiger partial charge in [-0.1, -0.05) is 55.8 Å². The average molecular weight is 226 g/mol. The van der Waals surface area contributed by atoms with Gasteiger partial charge in [-0.05, 0) is 48.8 Å². The molecular formula is C17H22. The van der Waals surface area contributed by atoms with Gasteiger partial charge in [-0.2, -0.15) is 0 Å². The summed E-state index contributed by atoms with van der Waals surface area (Å²) in [5, 5.41) is 0. The highest BCUT2D eigenvalue weighted by Crippen LogP contribution is 2.31. The van der Waals surface area contributed by atoms with Gasteiger partial charge in [-0.3, -0.25) is 0 Å². The Morgan fingerprint density at radius 3 is 2.65 bits per heavy atom. The Bertz CT molecular complexity index is 463. The third-order valence-corrected chi connectivity index (χ3v) is 3.87. The van der Waals surface area contributed by atoms with Gasteiger partial charge in [0.2, 0.25) is 0 Å². The molecule has 1 aliphatic rings. The van der Waals surface area contributed by atoms with E-state index in [4.69, 9.17) is 0 Å². The Morgan fingerprint density at radius 1 is 1.12 bits per heavy atom. The van der Waals surface area contributed by atoms with E-state index in [1.807, 2.05) is 0 Å². The van der Waals surface area contributed by atoms with E-state index < -0.39 is 0 Å². The number of hydrogen-bond donors (Lipinski definition) is 0. The van der Waals surface area contributed by atoms with Crippen molar-refractivity contribution < 1.29 is 0 Å². The third kappa shape index (κ3) is 2.52. The number of fused-ring (bicyclic) bond motifs is 1. The van der Waals surface area contributed by atoms with Gasteiger partial charge in [-0.15, -0.1) is 0 Å². The summed E-state index contributed by atoms with van der Waals surface area (Å²) in [4.78, 5) is 0. The molecule has 0 heteroatoms. The Morgan fingerprint density at radius 2 is 1.88 bits per heavy atom. The van der Waals surface area contributed by atoms with Crippen LogP contribution in [-0.2, 0) is 0 Å². The molecule has 2 atom stereocenters. The van der Waals surface area contributed by atoms with Crippen molar-refractivity contribution in [3.05, 3.63) is 52.6 Å². The molecule has 0 nitrogen and oxygen atoms in total. The molecule has 1 aromatic carbocycles. The quantitative estimate of drug-likeness (QED) is 0.540. The van der Waals surface area contributed by atoms with Crippen LogP contribution in [0.25, 0.3) is 6.08 Å². The van der Waals surface area contributed by atoms with Crippen molar-refractivity contribution >= 4 is 6.08 Å². The summed E-state index contributed by atoms with van der Waals surface area (Å²) in [7, 11) is 0. The van der Waals surface area contributed by atoms with Crippen LogP contribution in [0.3, 0.4) is 0 Å². The molecule has 1 aromatic rings. The van der Waals surface area contributed by atoms with E-state index in [1.165, 1.54) is 22.3 Å². The molecular weight excluding hydrogens is 204 g/mol. The minimum atomic E-state index is 0.550. The third-order valence-electron chi connectivity index (χ3n) is 3.87. The minimum Gasteiger partial charge on any atom is -0.0873 e. The van der Waals surface area contributed by atoms with Crippen LogP contribution < -0.4 is 0 Å². The van der Waals surface area contributed by atoms with Crippen molar-refractivity contribution in [2.45, 2.75) is 40.0 Å². The summed E-state index contributed by atoms with van der Waals surface area (Å²) in [6.45, 7) is 9.06. The van der Waals surface area contributed by atoms with Crippen molar-refractivity contribution in [3.63, 3.8) is 0 Å². The van der Waals surface area contributed by atoms with Crippen LogP contribution in [0.4, 0.5) is 0 Å². The molecule has 0 spiro atoms. The zero-order chi connectivity index (χ0) is 12.4. The monoisotopic (exact) mass is 226 g/mol. The van der Waals surface area contributed by atoms with E-state index in [0.29, 0.717) is 11.8 Å². The van der Waals surface area contributed by atoms with E-state index in [0.717, 1.165) is 6.42 Å². The fourth-order valence-electron chi connectivity index (χ4n) is 2.64. The molecule has 0 N–H and O–H groups in total. The predicted molar refractivity (Wildman–Crippen MR) is 76.2 cm³/mol. The van der Waals surface area contributed by atoms with Crippen LogP contribution >= 0.6 is 0 Å². The fourth-order valence-corrected chi connectivity index (χ4v) is 2.64. The summed E-state index contributed by atoms with van der Waals surface area (Å²) in [5.41, 5.74) is 5.79. The molecule has 0 amide bonds. The van der Waals surface area contributed by atoms with Crippen LogP contribution in [0.5, 0.6) is 0 Å². The first-order valence-corrected chi connectivity index (χ1v) is 6.54. The summed E-state index contributed by atoms with van der Waals surface area (Å²) in [6.07, 6.45) is 8.18. The minimum absolute atomic E-state index is 0.550. The SMILES string of the molecule is C/C1=C\c2cccc(C)c2C(C)C/C=C/C1C. The van der Waals surface area contributed by atoms with E-state index >= 15 is 0 Å². The normalized spacial score (nSPS) is 29.3. The second-order valence-electron chi connectivity index (χ2n) is 5.32. The van der Waals surface area contributed by atoms with Gasteiger partial charge in [0, 0.05) is 0 Å². The molecule has 0 bridgehead atoms. The predicted octanol–water partition coefficient (Wildman–Crippen LogP) is 5.10. The Kier molecular flexibility index (Phi) is 3.51. The largest absolute Gasteiger partial charge is 0.0873 e. The van der Waals surface area contributed by atoms with Gasteiger partial charge in [0.25, 0.3) is 0 Å². The summed E-state index contributed by atoms with van der Waals surface area (Å²) >= 11 is 0. The number of hydrogen-bond acceptors (Lipinski definition) is 0. The molecule has 2 unspecified atom stereocenters. The van der Waals surface area contributed by atoms with Gasteiger partial charge in [0.1, 0.15) is 0 Å². The van der Waals surface area contributed by atoms with Crippen LogP contribution in [0, 0.1) is 12.8 Å². The zero-order valence-corrected chi connectivity index (χ0v) is 11.3. The van der Waals surface area contributed by atoms with E-state index in [9.17, 15) is 0 Å². The summed E-state index contributed by atoms with van der Waals surface area (Å²) in [6, 6.07) is 6.64. The Hall–Kier alpha value is -1.30. The summed E-state index contributed by atoms with van der Waals surface area (Å²) in [5.74, 6) is 1.16. The van der Waals surface area contributed by atoms with Crippen molar-refractivity contribution in [3.8, 4) is 0 Å². The Balaban J connectivity index is 2.59. The zero-order valence-electron chi connectivity index (χ0n) is 11.3. The molecule has 1 aliphatic carbocycles. The lowest BCUT2D eigenvalue weighted by Crippen LogP contribution is -1.98. The van der Waals surface area contributed by atoms with Gasteiger partial charge >= 0.3 is 0 Å². The smallest absolute Gasteiger partial charge is 0.00511 e. The number of aryl methyl sites for hydroxylation is 1. The van der Waals surface area contributed by atoms with Gasteiger partial charge in [0.05, 0.1) is 0 Å². The van der Waals surface area contributed by atoms with E-state index in [-0.39, 0.29) is 0 Å². The number of benzene rings is 1. The topological polar surface area (TPSA) is 0 Å². The molecule has 2 rings (SSSR count). The molecule has 0 aromatic heterocycles. The van der Waals surface area contributed by atoms with Crippen LogP contribution in [0.1, 0.15) is 49.8 Å². The first-order valence-electron chi connectivity index (χ1n) is 6.54. The van der Waals surface area contributed by atoms with Crippen molar-refractivity contribution in [2.75, 3.05) is 0 Å². The van der Waals surface area contributed by atoms with Crippen molar-refractivity contribution in [1.29, 1.82) is 0 Å². The lowest BCUT2D eigenvalue weighted by Gasteiger charge is -2.16. The lowest BCUT2D eigenvalue weighted by atomic mass is 9.89. The molecule has 17 heavy (non-hydrogen) atoms. The molecule has 0 saturated carbocycles. The first kappa shape index (κ1) is 12.2. The Labute approximate surface area is 105 Å². The summed E-state index contributed by atoms with van der Waals surface area (Å²) < 4.78 is 0.